The van der Waals surface area contributed by atoms with Gasteiger partial charge >= 0.3 is 10.1 Å². The van der Waals surface area contributed by atoms with Crippen LogP contribution in [-0.4, -0.2) is 50.7 Å². The van der Waals surface area contributed by atoms with Crippen LogP contribution in [0.4, 0.5) is 11.4 Å². The first kappa shape index (κ1) is 29.6. The average Bonchev–Trinajstić information content (AvgIpc) is 3.30. The van der Waals surface area contributed by atoms with Gasteiger partial charge in [0.15, 0.2) is 0 Å². The van der Waals surface area contributed by atoms with Crippen molar-refractivity contribution in [3.8, 4) is 22.6 Å². The molecule has 0 radical (unpaired) electrons. The van der Waals surface area contributed by atoms with Crippen LogP contribution >= 0.6 is 11.3 Å². The Balaban J connectivity index is 1.90. The number of likely N-dealkylation sites (N-methyl/N-ethyl adjacent to an activating group) is 1. The number of thiophene rings is 1. The molecule has 0 bridgehead atoms. The largest absolute Gasteiger partial charge is 0.496 e. The lowest BCUT2D eigenvalue weighted by Crippen LogP contribution is -2.52. The summed E-state index contributed by atoms with van der Waals surface area (Å²) in [6.07, 6.45) is -1.60. The first-order valence-corrected chi connectivity index (χ1v) is 15.2. The van der Waals surface area contributed by atoms with E-state index in [0.29, 0.717) is 27.4 Å². The number of nitrogens with zero attached hydrogens (tertiary/aromatic N) is 1. The van der Waals surface area contributed by atoms with Crippen molar-refractivity contribution in [2.75, 3.05) is 30.1 Å². The van der Waals surface area contributed by atoms with Crippen molar-refractivity contribution < 1.29 is 32.0 Å². The molecule has 2 aromatic carbocycles. The SMILES string of the molecule is COc1cc(OS(=O)(=O)CC(C)C)ccc1-c1ccc2c(c1C(O)C(=O)c1ccc(C)s1)N(C)C(=O)C(C)(C)N2. The molecule has 1 amide bonds. The fourth-order valence-electron chi connectivity index (χ4n) is 4.86. The van der Waals surface area contributed by atoms with Gasteiger partial charge in [-0.1, -0.05) is 19.9 Å². The molecule has 9 nitrogen and oxygen atoms in total. The van der Waals surface area contributed by atoms with Crippen molar-refractivity contribution >= 4 is 44.5 Å². The second kappa shape index (κ2) is 10.9. The fraction of sp³-hybridized carbons (Fsp3) is 0.379. The number of hydrogen-bond donors (Lipinski definition) is 2. The Bertz CT molecular complexity index is 1570. The number of nitrogens with one attached hydrogen (secondary N) is 1. The number of aliphatic hydroxyl groups excluding tert-OH is 1. The van der Waals surface area contributed by atoms with Crippen LogP contribution in [0.3, 0.4) is 0 Å². The van der Waals surface area contributed by atoms with Gasteiger partial charge in [-0.2, -0.15) is 8.42 Å². The Morgan fingerprint density at radius 2 is 1.80 bits per heavy atom. The molecule has 2 N–H and O–H groups in total. The standard InChI is InChI=1S/C29H34N2O7S2/c1-16(2)15-40(35,36)38-18-9-10-19(22(14-18)37-7)20-11-12-21-25(31(6)28(34)29(4,5)30-21)24(20)27(33)26(32)23-13-8-17(3)39-23/h8-14,16,27,30,33H,15H2,1-7H3. The van der Waals surface area contributed by atoms with Crippen LogP contribution in [0.2, 0.25) is 0 Å². The van der Waals surface area contributed by atoms with Gasteiger partial charge in [-0.05, 0) is 62.6 Å². The predicted molar refractivity (Wildman–Crippen MR) is 157 cm³/mol. The fourth-order valence-corrected chi connectivity index (χ4v) is 6.97. The molecule has 0 fully saturated rings. The Morgan fingerprint density at radius 1 is 1.12 bits per heavy atom. The highest BCUT2D eigenvalue weighted by Gasteiger charge is 2.41. The van der Waals surface area contributed by atoms with Gasteiger partial charge in [0, 0.05) is 29.1 Å². The van der Waals surface area contributed by atoms with Crippen molar-refractivity contribution in [2.45, 2.75) is 46.3 Å². The number of fused-ring (bicyclic) bond motifs is 1. The number of aliphatic hydroxyl groups is 1. The van der Waals surface area contributed by atoms with E-state index in [2.05, 4.69) is 5.32 Å². The van der Waals surface area contributed by atoms with Crippen LogP contribution in [0.1, 0.15) is 53.9 Å². The maximum absolute atomic E-state index is 13.5. The Morgan fingerprint density at radius 3 is 2.40 bits per heavy atom. The molecule has 1 aliphatic rings. The molecule has 3 aromatic rings. The highest BCUT2D eigenvalue weighted by molar-refractivity contribution is 7.87. The zero-order chi connectivity index (χ0) is 29.6. The maximum Gasteiger partial charge on any atom is 0.309 e. The van der Waals surface area contributed by atoms with Crippen molar-refractivity contribution in [3.05, 3.63) is 57.8 Å². The first-order valence-electron chi connectivity index (χ1n) is 12.8. The number of anilines is 2. The third-order valence-corrected chi connectivity index (χ3v) is 9.10. The molecule has 4 rings (SSSR count). The number of ether oxygens (including phenoxy) is 1. The zero-order valence-corrected chi connectivity index (χ0v) is 25.2. The van der Waals surface area contributed by atoms with Gasteiger partial charge in [0.2, 0.25) is 5.78 Å². The molecule has 1 aromatic heterocycles. The van der Waals surface area contributed by atoms with E-state index in [1.54, 1.807) is 65.1 Å². The van der Waals surface area contributed by atoms with Crippen molar-refractivity contribution in [1.29, 1.82) is 0 Å². The van der Waals surface area contributed by atoms with Gasteiger partial charge in [-0.15, -0.1) is 11.3 Å². The van der Waals surface area contributed by atoms with Crippen LogP contribution < -0.4 is 19.1 Å². The monoisotopic (exact) mass is 586 g/mol. The molecule has 0 saturated carbocycles. The molecule has 0 spiro atoms. The molecule has 1 aliphatic heterocycles. The van der Waals surface area contributed by atoms with Gasteiger partial charge in [-0.3, -0.25) is 9.59 Å². The van der Waals surface area contributed by atoms with E-state index in [-0.39, 0.29) is 34.6 Å². The number of benzene rings is 2. The molecule has 214 valence electrons. The molecule has 2 heterocycles. The third kappa shape index (κ3) is 5.72. The predicted octanol–water partition coefficient (Wildman–Crippen LogP) is 5.18. The minimum atomic E-state index is -3.83. The minimum Gasteiger partial charge on any atom is -0.496 e. The summed E-state index contributed by atoms with van der Waals surface area (Å²) < 4.78 is 35.7. The molecule has 0 aliphatic carbocycles. The van der Waals surface area contributed by atoms with E-state index in [4.69, 9.17) is 8.92 Å². The summed E-state index contributed by atoms with van der Waals surface area (Å²) in [6, 6.07) is 11.5. The second-order valence-corrected chi connectivity index (χ2v) is 13.7. The summed E-state index contributed by atoms with van der Waals surface area (Å²) in [5.41, 5.74) is 1.21. The number of amides is 1. The van der Waals surface area contributed by atoms with Crippen LogP contribution in [0.15, 0.2) is 42.5 Å². The lowest BCUT2D eigenvalue weighted by molar-refractivity contribution is -0.121. The minimum absolute atomic E-state index is 0.0714. The summed E-state index contributed by atoms with van der Waals surface area (Å²) in [5.74, 6) is -0.668. The van der Waals surface area contributed by atoms with E-state index >= 15 is 0 Å². The number of carbonyl (C=O) groups is 2. The Labute approximate surface area is 238 Å². The molecule has 11 heteroatoms. The lowest BCUT2D eigenvalue weighted by Gasteiger charge is -2.40. The molecule has 0 saturated heterocycles. The Hall–Kier alpha value is -3.41. The maximum atomic E-state index is 13.5. The molecular weight excluding hydrogens is 552 g/mol. The molecular formula is C29H34N2O7S2. The summed E-state index contributed by atoms with van der Waals surface area (Å²) in [5, 5.41) is 14.8. The highest BCUT2D eigenvalue weighted by Crippen LogP contribution is 2.47. The quantitative estimate of drug-likeness (QED) is 0.260. The summed E-state index contributed by atoms with van der Waals surface area (Å²) >= 11 is 1.27. The topological polar surface area (TPSA) is 122 Å². The van der Waals surface area contributed by atoms with E-state index in [1.807, 2.05) is 6.92 Å². The van der Waals surface area contributed by atoms with Gasteiger partial charge in [0.1, 0.15) is 23.1 Å². The van der Waals surface area contributed by atoms with E-state index < -0.39 is 27.5 Å². The summed E-state index contributed by atoms with van der Waals surface area (Å²) in [4.78, 5) is 29.5. The molecule has 1 atom stereocenters. The van der Waals surface area contributed by atoms with Crippen LogP contribution in [0, 0.1) is 12.8 Å². The number of Topliss-reactive ketones (excluding diaryl/α,β-unsaturated/α-hetero) is 1. The zero-order valence-electron chi connectivity index (χ0n) is 23.6. The van der Waals surface area contributed by atoms with Gasteiger partial charge in [0.05, 0.1) is 29.1 Å². The van der Waals surface area contributed by atoms with Gasteiger partial charge in [0.25, 0.3) is 5.91 Å². The lowest BCUT2D eigenvalue weighted by atomic mass is 9.88. The normalized spacial score (nSPS) is 15.4. The van der Waals surface area contributed by atoms with E-state index in [9.17, 15) is 23.1 Å². The van der Waals surface area contributed by atoms with E-state index in [0.717, 1.165) is 4.88 Å². The van der Waals surface area contributed by atoms with Gasteiger partial charge < -0.3 is 24.2 Å². The molecule has 1 unspecified atom stereocenters. The molecule has 40 heavy (non-hydrogen) atoms. The number of methoxy groups -OCH3 is 1. The Kier molecular flexibility index (Phi) is 8.04. The summed E-state index contributed by atoms with van der Waals surface area (Å²) in [6.45, 7) is 8.95. The smallest absolute Gasteiger partial charge is 0.309 e. The third-order valence-electron chi connectivity index (χ3n) is 6.57. The van der Waals surface area contributed by atoms with Crippen LogP contribution in [-0.2, 0) is 14.9 Å². The number of rotatable bonds is 9. The summed E-state index contributed by atoms with van der Waals surface area (Å²) in [7, 11) is -0.788. The van der Waals surface area contributed by atoms with Crippen molar-refractivity contribution in [1.82, 2.24) is 0 Å². The second-order valence-electron chi connectivity index (χ2n) is 10.8. The highest BCUT2D eigenvalue weighted by atomic mass is 32.2. The van der Waals surface area contributed by atoms with E-state index in [1.165, 1.54) is 35.5 Å². The van der Waals surface area contributed by atoms with Crippen molar-refractivity contribution in [3.63, 3.8) is 0 Å². The number of carbonyl (C=O) groups excluding carboxylic acids is 2. The number of ketones is 1. The van der Waals surface area contributed by atoms with Gasteiger partial charge in [-0.25, -0.2) is 0 Å². The first-order chi connectivity index (χ1) is 18.6. The van der Waals surface area contributed by atoms with Crippen molar-refractivity contribution in [2.24, 2.45) is 5.92 Å². The van der Waals surface area contributed by atoms with Crippen LogP contribution in [0.5, 0.6) is 11.5 Å². The number of hydrogen-bond acceptors (Lipinski definition) is 9. The average molecular weight is 587 g/mol. The number of aryl methyl sites for hydroxylation is 1. The van der Waals surface area contributed by atoms with Crippen LogP contribution in [0.25, 0.3) is 11.1 Å².